The Morgan fingerprint density at radius 3 is 2.67 bits per heavy atom. The molecule has 122 valence electrons. The van der Waals surface area contributed by atoms with Crippen molar-refractivity contribution in [1.29, 1.82) is 5.26 Å². The number of nitrogens with one attached hydrogen (secondary N) is 1. The molecule has 1 aliphatic heterocycles. The highest BCUT2D eigenvalue weighted by Gasteiger charge is 2.30. The Hall–Kier alpha value is -2.58. The van der Waals surface area contributed by atoms with Gasteiger partial charge in [-0.3, -0.25) is 9.88 Å². The maximum atomic E-state index is 9.61. The third-order valence-electron chi connectivity index (χ3n) is 4.68. The van der Waals surface area contributed by atoms with Crippen LogP contribution in [0, 0.1) is 18.3 Å². The second kappa shape index (κ2) is 5.50. The first-order valence-electron chi connectivity index (χ1n) is 8.35. The number of hydrogen-bond donors (Lipinski definition) is 1. The first-order chi connectivity index (χ1) is 11.6. The molecule has 0 bridgehead atoms. The van der Waals surface area contributed by atoms with Crippen LogP contribution in [0.2, 0.25) is 0 Å². The summed E-state index contributed by atoms with van der Waals surface area (Å²) in [4.78, 5) is 5.78. The van der Waals surface area contributed by atoms with Crippen LogP contribution >= 0.6 is 0 Å². The highest BCUT2D eigenvalue weighted by atomic mass is 16.5. The van der Waals surface area contributed by atoms with Gasteiger partial charge >= 0.3 is 0 Å². The Bertz CT molecular complexity index is 959. The van der Waals surface area contributed by atoms with Gasteiger partial charge in [0.25, 0.3) is 0 Å². The number of rotatable bonds is 1. The Balaban J connectivity index is 2.03. The number of hydrogen-bond acceptors (Lipinski definition) is 3. The maximum absolute atomic E-state index is 9.61. The second-order valence-electron chi connectivity index (χ2n) is 6.66. The number of aromatic amines is 1. The predicted molar refractivity (Wildman–Crippen MR) is 93.1 cm³/mol. The molecule has 5 nitrogen and oxygen atoms in total. The van der Waals surface area contributed by atoms with Gasteiger partial charge in [-0.15, -0.1) is 0 Å². The smallest absolute Gasteiger partial charge is 0.250 e. The van der Waals surface area contributed by atoms with Gasteiger partial charge in [-0.2, -0.15) is 9.66 Å². The molecule has 2 aromatic heterocycles. The van der Waals surface area contributed by atoms with Gasteiger partial charge in [0.15, 0.2) is 0 Å². The molecule has 2 atom stereocenters. The molecular formula is C19H21N4O+. The van der Waals surface area contributed by atoms with E-state index in [1.807, 2.05) is 25.1 Å². The fourth-order valence-electron chi connectivity index (χ4n) is 3.75. The van der Waals surface area contributed by atoms with Gasteiger partial charge in [0, 0.05) is 6.07 Å². The Labute approximate surface area is 141 Å². The molecule has 1 saturated heterocycles. The van der Waals surface area contributed by atoms with Gasteiger partial charge in [-0.25, -0.2) is 0 Å². The molecular weight excluding hydrogens is 300 g/mol. The standard InChI is InChI=1S/C19H20N4O/c1-12-8-18(22-10-13(2)24-14(3)11-22)23-17-7-5-4-6-16(17)21-19(23)15(12)9-20/h4-8,13-14H,10-11H2,1-3H3/p+1. The molecule has 1 aromatic carbocycles. The molecule has 1 fully saturated rings. The third kappa shape index (κ3) is 2.22. The molecule has 5 heteroatoms. The highest BCUT2D eigenvalue weighted by Crippen LogP contribution is 2.24. The van der Waals surface area contributed by atoms with Crippen LogP contribution in [0.1, 0.15) is 25.0 Å². The lowest BCUT2D eigenvalue weighted by molar-refractivity contribution is -0.467. The van der Waals surface area contributed by atoms with Gasteiger partial charge in [0.1, 0.15) is 22.7 Å². The van der Waals surface area contributed by atoms with Crippen molar-refractivity contribution in [2.45, 2.75) is 33.0 Å². The fourth-order valence-corrected chi connectivity index (χ4v) is 3.75. The Morgan fingerprint density at radius 2 is 1.96 bits per heavy atom. The first kappa shape index (κ1) is 15.0. The van der Waals surface area contributed by atoms with Crippen LogP contribution in [0.4, 0.5) is 5.82 Å². The minimum Gasteiger partial charge on any atom is -0.369 e. The van der Waals surface area contributed by atoms with Crippen LogP contribution in [0.15, 0.2) is 30.3 Å². The summed E-state index contributed by atoms with van der Waals surface area (Å²) < 4.78 is 8.06. The molecule has 4 rings (SSSR count). The zero-order chi connectivity index (χ0) is 16.8. The number of benzene rings is 1. The minimum absolute atomic E-state index is 0.186. The van der Waals surface area contributed by atoms with Gasteiger partial charge in [0.2, 0.25) is 11.5 Å². The summed E-state index contributed by atoms with van der Waals surface area (Å²) in [5.41, 5.74) is 4.68. The summed E-state index contributed by atoms with van der Waals surface area (Å²) in [5.74, 6) is 1.11. The van der Waals surface area contributed by atoms with Crippen LogP contribution in [0.25, 0.3) is 16.7 Å². The van der Waals surface area contributed by atoms with Crippen LogP contribution in [-0.4, -0.2) is 30.3 Å². The molecule has 0 spiro atoms. The number of ether oxygens (including phenoxy) is 1. The van der Waals surface area contributed by atoms with Crippen molar-refractivity contribution in [3.63, 3.8) is 0 Å². The predicted octanol–water partition coefficient (Wildman–Crippen LogP) is 2.70. The molecule has 0 saturated carbocycles. The van der Waals surface area contributed by atoms with E-state index in [9.17, 15) is 5.26 Å². The Kier molecular flexibility index (Phi) is 3.43. The lowest BCUT2D eigenvalue weighted by atomic mass is 10.1. The van der Waals surface area contributed by atoms with Crippen LogP contribution in [0.3, 0.4) is 0 Å². The summed E-state index contributed by atoms with van der Waals surface area (Å²) in [6.45, 7) is 7.90. The number of imidazole rings is 1. The summed E-state index contributed by atoms with van der Waals surface area (Å²) in [6, 6.07) is 12.7. The minimum atomic E-state index is 0.186. The van der Waals surface area contributed by atoms with Crippen molar-refractivity contribution in [1.82, 2.24) is 4.98 Å². The van der Waals surface area contributed by atoms with Gasteiger partial charge in [-0.05, 0) is 38.5 Å². The normalized spacial score (nSPS) is 21.3. The van der Waals surface area contributed by atoms with E-state index in [-0.39, 0.29) is 12.2 Å². The number of pyridine rings is 1. The number of para-hydroxylation sites is 2. The maximum Gasteiger partial charge on any atom is 0.250 e. The zero-order valence-electron chi connectivity index (χ0n) is 14.2. The van der Waals surface area contributed by atoms with Crippen molar-refractivity contribution < 1.29 is 9.14 Å². The van der Waals surface area contributed by atoms with E-state index in [0.717, 1.165) is 41.2 Å². The number of aromatic nitrogens is 2. The van der Waals surface area contributed by atoms with Crippen molar-refractivity contribution in [3.05, 3.63) is 41.5 Å². The van der Waals surface area contributed by atoms with E-state index < -0.39 is 0 Å². The molecule has 2 unspecified atom stereocenters. The van der Waals surface area contributed by atoms with Gasteiger partial charge < -0.3 is 4.74 Å². The molecule has 0 aliphatic carbocycles. The van der Waals surface area contributed by atoms with E-state index >= 15 is 0 Å². The number of nitrogens with zero attached hydrogens (tertiary/aromatic N) is 3. The number of morpholine rings is 1. The van der Waals surface area contributed by atoms with E-state index in [4.69, 9.17) is 4.74 Å². The number of aryl methyl sites for hydroxylation is 1. The summed E-state index contributed by atoms with van der Waals surface area (Å²) in [5, 5.41) is 9.61. The van der Waals surface area contributed by atoms with Crippen molar-refractivity contribution in [3.8, 4) is 6.07 Å². The van der Waals surface area contributed by atoms with Gasteiger partial charge in [0.05, 0.1) is 25.3 Å². The topological polar surface area (TPSA) is 56.1 Å². The van der Waals surface area contributed by atoms with Crippen molar-refractivity contribution in [2.75, 3.05) is 18.0 Å². The number of nitriles is 1. The van der Waals surface area contributed by atoms with E-state index in [1.165, 1.54) is 0 Å². The monoisotopic (exact) mass is 321 g/mol. The third-order valence-corrected chi connectivity index (χ3v) is 4.68. The first-order valence-corrected chi connectivity index (χ1v) is 8.35. The van der Waals surface area contributed by atoms with E-state index in [1.54, 1.807) is 0 Å². The highest BCUT2D eigenvalue weighted by molar-refractivity contribution is 5.77. The lowest BCUT2D eigenvalue weighted by Crippen LogP contribution is -2.49. The number of anilines is 1. The van der Waals surface area contributed by atoms with Crippen LogP contribution in [-0.2, 0) is 4.74 Å². The SMILES string of the molecule is Cc1cc(N2CC(C)OC(C)C2)[n+]2c([nH]c3ccccc32)c1C#N. The van der Waals surface area contributed by atoms with E-state index in [0.29, 0.717) is 5.56 Å². The number of H-pyrrole nitrogens is 1. The summed E-state index contributed by atoms with van der Waals surface area (Å²) in [6.07, 6.45) is 0.371. The largest absolute Gasteiger partial charge is 0.369 e. The fraction of sp³-hybridized carbons (Fsp3) is 0.368. The van der Waals surface area contributed by atoms with E-state index in [2.05, 4.69) is 46.3 Å². The quantitative estimate of drug-likeness (QED) is 0.701. The average Bonchev–Trinajstić information content (AvgIpc) is 2.92. The molecule has 3 aromatic rings. The van der Waals surface area contributed by atoms with Crippen LogP contribution in [0.5, 0.6) is 0 Å². The molecule has 0 amide bonds. The summed E-state index contributed by atoms with van der Waals surface area (Å²) >= 11 is 0. The van der Waals surface area contributed by atoms with Crippen molar-refractivity contribution in [2.24, 2.45) is 0 Å². The molecule has 3 heterocycles. The average molecular weight is 321 g/mol. The lowest BCUT2D eigenvalue weighted by Gasteiger charge is -2.33. The molecule has 1 N–H and O–H groups in total. The van der Waals surface area contributed by atoms with Crippen molar-refractivity contribution >= 4 is 22.5 Å². The number of fused-ring (bicyclic) bond motifs is 3. The van der Waals surface area contributed by atoms with Crippen LogP contribution < -0.4 is 9.30 Å². The Morgan fingerprint density at radius 1 is 1.25 bits per heavy atom. The molecule has 24 heavy (non-hydrogen) atoms. The zero-order valence-corrected chi connectivity index (χ0v) is 14.2. The second-order valence-corrected chi connectivity index (χ2v) is 6.66. The van der Waals surface area contributed by atoms with Gasteiger partial charge in [-0.1, -0.05) is 12.1 Å². The molecule has 0 radical (unpaired) electrons. The molecule has 1 aliphatic rings. The summed E-state index contributed by atoms with van der Waals surface area (Å²) in [7, 11) is 0.